The van der Waals surface area contributed by atoms with Crippen LogP contribution in [0, 0.1) is 17.8 Å². The molecule has 0 aromatic carbocycles. The normalized spacial score (nSPS) is 29.9. The number of amides is 3. The average Bonchev–Trinajstić information content (AvgIpc) is 2.81. The molecule has 0 spiro atoms. The van der Waals surface area contributed by atoms with Gasteiger partial charge in [-0.1, -0.05) is 61.4 Å². The summed E-state index contributed by atoms with van der Waals surface area (Å²) in [5.41, 5.74) is -0.00452. The Balaban J connectivity index is 2.55. The monoisotopic (exact) mass is 539 g/mol. The maximum atomic E-state index is 13.2. The van der Waals surface area contributed by atoms with Crippen molar-refractivity contribution < 1.29 is 28.7 Å². The van der Waals surface area contributed by atoms with Crippen LogP contribution in [0.5, 0.6) is 0 Å². The molecule has 9 nitrogen and oxygen atoms in total. The molecular formula is C25H37N3O6S2. The van der Waals surface area contributed by atoms with E-state index in [0.717, 1.165) is 5.75 Å². The Morgan fingerprint density at radius 2 is 1.67 bits per heavy atom. The van der Waals surface area contributed by atoms with Crippen molar-refractivity contribution in [2.24, 2.45) is 17.8 Å². The first-order chi connectivity index (χ1) is 17.0. The third kappa shape index (κ3) is 8.99. The lowest BCUT2D eigenvalue weighted by atomic mass is 9.92. The lowest BCUT2D eigenvalue weighted by Crippen LogP contribution is -2.50. The zero-order valence-corrected chi connectivity index (χ0v) is 23.1. The van der Waals surface area contributed by atoms with E-state index < -0.39 is 47.8 Å². The minimum atomic E-state index is -0.987. The summed E-state index contributed by atoms with van der Waals surface area (Å²) in [5.74, 6) is -2.59. The molecule has 0 aliphatic carbocycles. The molecule has 2 aliphatic heterocycles. The van der Waals surface area contributed by atoms with E-state index in [-0.39, 0.29) is 36.2 Å². The van der Waals surface area contributed by atoms with Gasteiger partial charge in [-0.2, -0.15) is 0 Å². The molecule has 0 aromatic rings. The number of hydrogen-bond acceptors (Lipinski definition) is 8. The molecule has 0 aromatic heterocycles. The van der Waals surface area contributed by atoms with E-state index in [9.17, 15) is 24.0 Å². The highest BCUT2D eigenvalue weighted by atomic mass is 33.1. The molecule has 0 saturated carbocycles. The summed E-state index contributed by atoms with van der Waals surface area (Å²) in [5, 5.41) is 8.08. The number of rotatable bonds is 2. The standard InChI is InChI=1S/C25H37N3O6S2/c1-6-18-24(32)28-22(15(4)5)25(33)34-17-9-7-8-10-35-36-13-16(23(31)26-18)11-19(29)21(14(2)3)27-20(30)12-17/h6-7,9,14-17,21-22H,8,10-13H2,1-5H3,(H,26,31)(H,27,30)(H,28,32)/b9-7+,18-6-/t16-,17?,21+,22+/m1/s1. The number of carbonyl (C=O) groups excluding carboxylic acids is 5. The number of nitrogens with one attached hydrogen (secondary N) is 3. The van der Waals surface area contributed by atoms with Crippen LogP contribution < -0.4 is 16.0 Å². The Morgan fingerprint density at radius 3 is 2.31 bits per heavy atom. The zero-order valence-electron chi connectivity index (χ0n) is 21.5. The molecule has 11 heteroatoms. The summed E-state index contributed by atoms with van der Waals surface area (Å²) in [7, 11) is 3.05. The predicted molar refractivity (Wildman–Crippen MR) is 142 cm³/mol. The first-order valence-corrected chi connectivity index (χ1v) is 14.7. The summed E-state index contributed by atoms with van der Waals surface area (Å²) in [6.07, 6.45) is 4.56. The van der Waals surface area contributed by atoms with Gasteiger partial charge in [0.25, 0.3) is 5.91 Å². The number of allylic oxidation sites excluding steroid dienone is 2. The van der Waals surface area contributed by atoms with Crippen LogP contribution >= 0.6 is 21.6 Å². The molecule has 1 saturated heterocycles. The molecule has 0 radical (unpaired) electrons. The van der Waals surface area contributed by atoms with Crippen molar-refractivity contribution in [3.63, 3.8) is 0 Å². The van der Waals surface area contributed by atoms with Crippen LogP contribution in [0.2, 0.25) is 0 Å². The molecule has 1 unspecified atom stereocenters. The van der Waals surface area contributed by atoms with Crippen molar-refractivity contribution in [1.82, 2.24) is 16.0 Å². The smallest absolute Gasteiger partial charge is 0.329 e. The summed E-state index contributed by atoms with van der Waals surface area (Å²) < 4.78 is 5.67. The summed E-state index contributed by atoms with van der Waals surface area (Å²) in [6, 6.07) is -1.78. The van der Waals surface area contributed by atoms with Crippen LogP contribution in [0.25, 0.3) is 0 Å². The van der Waals surface area contributed by atoms with E-state index in [2.05, 4.69) is 16.0 Å². The third-order valence-electron chi connectivity index (χ3n) is 5.87. The minimum Gasteiger partial charge on any atom is -0.456 e. The second-order valence-corrected chi connectivity index (χ2v) is 12.2. The van der Waals surface area contributed by atoms with Gasteiger partial charge in [0, 0.05) is 17.9 Å². The highest BCUT2D eigenvalue weighted by Crippen LogP contribution is 2.27. The largest absolute Gasteiger partial charge is 0.456 e. The predicted octanol–water partition coefficient (Wildman–Crippen LogP) is 2.52. The van der Waals surface area contributed by atoms with Crippen molar-refractivity contribution in [2.45, 2.75) is 72.1 Å². The first kappa shape index (κ1) is 30.0. The lowest BCUT2D eigenvalue weighted by Gasteiger charge is -2.27. The van der Waals surface area contributed by atoms with Gasteiger partial charge in [0.05, 0.1) is 18.4 Å². The van der Waals surface area contributed by atoms with Gasteiger partial charge in [0.2, 0.25) is 11.8 Å². The molecule has 2 aliphatic rings. The number of esters is 1. The molecule has 3 N–H and O–H groups in total. The van der Waals surface area contributed by atoms with E-state index >= 15 is 0 Å². The van der Waals surface area contributed by atoms with Crippen molar-refractivity contribution in [3.8, 4) is 0 Å². The number of ether oxygens (including phenoxy) is 1. The van der Waals surface area contributed by atoms with Crippen LogP contribution in [-0.4, -0.2) is 59.2 Å². The highest BCUT2D eigenvalue weighted by molar-refractivity contribution is 8.76. The fourth-order valence-electron chi connectivity index (χ4n) is 3.77. The Hall–Kier alpha value is -2.27. The maximum Gasteiger partial charge on any atom is 0.329 e. The Kier molecular flexibility index (Phi) is 12.0. The average molecular weight is 540 g/mol. The topological polar surface area (TPSA) is 131 Å². The van der Waals surface area contributed by atoms with E-state index in [4.69, 9.17) is 4.74 Å². The lowest BCUT2D eigenvalue weighted by molar-refractivity contribution is -0.153. The molecule has 36 heavy (non-hydrogen) atoms. The van der Waals surface area contributed by atoms with E-state index in [1.54, 1.807) is 37.6 Å². The summed E-state index contributed by atoms with van der Waals surface area (Å²) in [6.45, 7) is 8.78. The van der Waals surface area contributed by atoms with E-state index in [1.807, 2.05) is 19.9 Å². The Morgan fingerprint density at radius 1 is 0.972 bits per heavy atom. The van der Waals surface area contributed by atoms with Gasteiger partial charge in [-0.15, -0.1) is 0 Å². The fraction of sp³-hybridized carbons (Fsp3) is 0.640. The quantitative estimate of drug-likeness (QED) is 0.211. The van der Waals surface area contributed by atoms with Crippen LogP contribution in [0.4, 0.5) is 0 Å². The molecule has 2 bridgehead atoms. The van der Waals surface area contributed by atoms with Crippen LogP contribution in [0.15, 0.2) is 23.9 Å². The third-order valence-corrected chi connectivity index (χ3v) is 8.39. The zero-order chi connectivity index (χ0) is 26.8. The SMILES string of the molecule is C/C=C1\NC(=O)[C@H]2CSSCC/C=C/C(CC(=O)N[C@@H](C(C)C)C(=O)C2)OC(=O)[C@H](C(C)C)NC1=O. The molecule has 3 amide bonds. The summed E-state index contributed by atoms with van der Waals surface area (Å²) in [4.78, 5) is 65.4. The molecule has 200 valence electrons. The number of fused-ring (bicyclic) bond motifs is 7. The molecular weight excluding hydrogens is 502 g/mol. The number of hydrogen-bond donors (Lipinski definition) is 3. The van der Waals surface area contributed by atoms with Crippen molar-refractivity contribution in [1.29, 1.82) is 0 Å². The van der Waals surface area contributed by atoms with Crippen molar-refractivity contribution in [3.05, 3.63) is 23.9 Å². The Bertz CT molecular complexity index is 902. The fourth-order valence-corrected chi connectivity index (χ4v) is 6.07. The van der Waals surface area contributed by atoms with Gasteiger partial charge < -0.3 is 20.7 Å². The molecule has 2 rings (SSSR count). The van der Waals surface area contributed by atoms with Gasteiger partial charge in [0.15, 0.2) is 5.78 Å². The van der Waals surface area contributed by atoms with Crippen molar-refractivity contribution in [2.75, 3.05) is 11.5 Å². The molecule has 1 fully saturated rings. The maximum absolute atomic E-state index is 13.2. The second-order valence-electron chi connectivity index (χ2n) is 9.55. The van der Waals surface area contributed by atoms with E-state index in [1.165, 1.54) is 16.9 Å². The van der Waals surface area contributed by atoms with Crippen LogP contribution in [0.1, 0.15) is 53.9 Å². The van der Waals surface area contributed by atoms with Gasteiger partial charge in [-0.05, 0) is 31.3 Å². The van der Waals surface area contributed by atoms with Gasteiger partial charge >= 0.3 is 5.97 Å². The van der Waals surface area contributed by atoms with Crippen LogP contribution in [-0.2, 0) is 28.7 Å². The first-order valence-electron chi connectivity index (χ1n) is 12.2. The van der Waals surface area contributed by atoms with Gasteiger partial charge in [0.1, 0.15) is 17.8 Å². The highest BCUT2D eigenvalue weighted by Gasteiger charge is 2.33. The number of carbonyl (C=O) groups is 5. The van der Waals surface area contributed by atoms with Crippen LogP contribution in [0.3, 0.4) is 0 Å². The molecule has 4 atom stereocenters. The Labute approximate surface area is 220 Å². The van der Waals surface area contributed by atoms with Crippen molar-refractivity contribution >= 4 is 51.1 Å². The second kappa shape index (κ2) is 14.5. The number of Topliss-reactive ketones (excluding diaryl/α,β-unsaturated/α-hetero) is 1. The minimum absolute atomic E-state index is 0.00452. The molecule has 2 heterocycles. The number of ketones is 1. The summed E-state index contributed by atoms with van der Waals surface area (Å²) >= 11 is 0. The van der Waals surface area contributed by atoms with E-state index in [0.29, 0.717) is 12.2 Å². The van der Waals surface area contributed by atoms with Gasteiger partial charge in [-0.3, -0.25) is 19.2 Å². The van der Waals surface area contributed by atoms with Gasteiger partial charge in [-0.25, -0.2) is 4.79 Å².